The molecule has 22 heavy (non-hydrogen) atoms. The summed E-state index contributed by atoms with van der Waals surface area (Å²) in [5, 5.41) is 6.57. The second-order valence-corrected chi connectivity index (χ2v) is 5.64. The van der Waals surface area contributed by atoms with Gasteiger partial charge < -0.3 is 15.5 Å². The molecule has 0 amide bonds. The van der Waals surface area contributed by atoms with Crippen LogP contribution in [0.4, 0.5) is 4.39 Å². The number of hydrogen-bond donors (Lipinski definition) is 2. The number of guanidine groups is 1. The van der Waals surface area contributed by atoms with Gasteiger partial charge in [-0.25, -0.2) is 4.39 Å². The fourth-order valence-electron chi connectivity index (χ4n) is 1.87. The van der Waals surface area contributed by atoms with E-state index in [-0.39, 0.29) is 29.8 Å². The Morgan fingerprint density at radius 1 is 1.23 bits per heavy atom. The second-order valence-electron chi connectivity index (χ2n) is 5.64. The van der Waals surface area contributed by atoms with Gasteiger partial charge in [-0.1, -0.05) is 26.0 Å². The predicted molar refractivity (Wildman–Crippen MR) is 102 cm³/mol. The van der Waals surface area contributed by atoms with Crippen molar-refractivity contribution in [2.75, 3.05) is 33.7 Å². The molecule has 4 nitrogen and oxygen atoms in total. The van der Waals surface area contributed by atoms with Gasteiger partial charge in [0, 0.05) is 33.2 Å². The quantitative estimate of drug-likeness (QED) is 0.403. The van der Waals surface area contributed by atoms with E-state index in [1.165, 1.54) is 12.1 Å². The molecule has 0 fully saturated rings. The maximum Gasteiger partial charge on any atom is 0.191 e. The Morgan fingerprint density at radius 3 is 2.41 bits per heavy atom. The van der Waals surface area contributed by atoms with Crippen molar-refractivity contribution in [1.29, 1.82) is 0 Å². The Bertz CT molecular complexity index is 434. The molecule has 0 saturated heterocycles. The normalized spacial score (nSPS) is 11.5. The van der Waals surface area contributed by atoms with Crippen molar-refractivity contribution in [2.24, 2.45) is 10.9 Å². The van der Waals surface area contributed by atoms with E-state index in [0.29, 0.717) is 5.92 Å². The summed E-state index contributed by atoms with van der Waals surface area (Å²) in [4.78, 5) is 6.38. The summed E-state index contributed by atoms with van der Waals surface area (Å²) in [5.74, 6) is 1.23. The Kier molecular flexibility index (Phi) is 11.2. The predicted octanol–water partition coefficient (Wildman–Crippen LogP) is 2.70. The van der Waals surface area contributed by atoms with E-state index in [1.807, 2.05) is 12.1 Å². The molecule has 0 bridgehead atoms. The Balaban J connectivity index is 0.00000441. The molecule has 1 aromatic rings. The first kappa shape index (κ1) is 21.1. The monoisotopic (exact) mass is 422 g/mol. The van der Waals surface area contributed by atoms with Crippen LogP contribution < -0.4 is 10.6 Å². The summed E-state index contributed by atoms with van der Waals surface area (Å²) in [6.07, 6.45) is 0. The molecule has 0 aliphatic heterocycles. The number of hydrogen-bond acceptors (Lipinski definition) is 2. The van der Waals surface area contributed by atoms with Crippen LogP contribution in [0.25, 0.3) is 0 Å². The smallest absolute Gasteiger partial charge is 0.191 e. The minimum absolute atomic E-state index is 0. The molecule has 0 heterocycles. The topological polar surface area (TPSA) is 39.7 Å². The first-order valence-corrected chi connectivity index (χ1v) is 7.38. The lowest BCUT2D eigenvalue weighted by molar-refractivity contribution is 0.331. The van der Waals surface area contributed by atoms with Crippen LogP contribution in [-0.4, -0.2) is 44.6 Å². The van der Waals surface area contributed by atoms with Gasteiger partial charge in [-0.2, -0.15) is 0 Å². The van der Waals surface area contributed by atoms with Crippen LogP contribution in [0.2, 0.25) is 0 Å². The molecule has 0 aliphatic rings. The molecule has 0 unspecified atom stereocenters. The van der Waals surface area contributed by atoms with E-state index in [0.717, 1.165) is 37.7 Å². The van der Waals surface area contributed by atoms with E-state index >= 15 is 0 Å². The zero-order valence-corrected chi connectivity index (χ0v) is 16.2. The molecule has 0 saturated carbocycles. The Labute approximate surface area is 150 Å². The summed E-state index contributed by atoms with van der Waals surface area (Å²) in [5.41, 5.74) is 1.11. The SMILES string of the molecule is CN=C(NCCN(C)Cc1ccc(F)cc1)NCC(C)C.I. The molecule has 126 valence electrons. The van der Waals surface area contributed by atoms with Crippen LogP contribution in [0.3, 0.4) is 0 Å². The Hall–Kier alpha value is -0.890. The van der Waals surface area contributed by atoms with Crippen molar-refractivity contribution in [3.63, 3.8) is 0 Å². The molecular weight excluding hydrogens is 394 g/mol. The molecule has 1 aromatic carbocycles. The van der Waals surface area contributed by atoms with Gasteiger partial charge in [0.25, 0.3) is 0 Å². The van der Waals surface area contributed by atoms with Crippen LogP contribution >= 0.6 is 24.0 Å². The van der Waals surface area contributed by atoms with Gasteiger partial charge in [-0.05, 0) is 30.7 Å². The average Bonchev–Trinajstić information content (AvgIpc) is 2.45. The van der Waals surface area contributed by atoms with Crippen molar-refractivity contribution in [3.05, 3.63) is 35.6 Å². The maximum absolute atomic E-state index is 12.8. The second kappa shape index (κ2) is 11.6. The van der Waals surface area contributed by atoms with Crippen LogP contribution in [-0.2, 0) is 6.54 Å². The van der Waals surface area contributed by atoms with Gasteiger partial charge in [-0.3, -0.25) is 4.99 Å². The van der Waals surface area contributed by atoms with Gasteiger partial charge in [0.15, 0.2) is 5.96 Å². The molecule has 0 atom stereocenters. The number of rotatable bonds is 7. The number of nitrogens with zero attached hydrogens (tertiary/aromatic N) is 2. The lowest BCUT2D eigenvalue weighted by Gasteiger charge is -2.19. The third-order valence-corrected chi connectivity index (χ3v) is 3.05. The third kappa shape index (κ3) is 9.19. The van der Waals surface area contributed by atoms with Crippen LogP contribution in [0.15, 0.2) is 29.3 Å². The molecular formula is C16H28FIN4. The number of halogens is 2. The van der Waals surface area contributed by atoms with Crippen LogP contribution in [0, 0.1) is 11.7 Å². The van der Waals surface area contributed by atoms with Crippen molar-refractivity contribution in [2.45, 2.75) is 20.4 Å². The number of likely N-dealkylation sites (N-methyl/N-ethyl adjacent to an activating group) is 1. The fourth-order valence-corrected chi connectivity index (χ4v) is 1.87. The Morgan fingerprint density at radius 2 is 1.86 bits per heavy atom. The molecule has 2 N–H and O–H groups in total. The summed E-state index contributed by atoms with van der Waals surface area (Å²) >= 11 is 0. The summed E-state index contributed by atoms with van der Waals surface area (Å²) in [6, 6.07) is 6.64. The molecule has 6 heteroatoms. The highest BCUT2D eigenvalue weighted by Gasteiger charge is 2.02. The highest BCUT2D eigenvalue weighted by atomic mass is 127. The van der Waals surface area contributed by atoms with E-state index in [2.05, 4.69) is 41.4 Å². The largest absolute Gasteiger partial charge is 0.356 e. The average molecular weight is 422 g/mol. The van der Waals surface area contributed by atoms with E-state index in [4.69, 9.17) is 0 Å². The first-order valence-electron chi connectivity index (χ1n) is 7.38. The van der Waals surface area contributed by atoms with Gasteiger partial charge in [0.05, 0.1) is 0 Å². The number of nitrogens with one attached hydrogen (secondary N) is 2. The summed E-state index contributed by atoms with van der Waals surface area (Å²) in [6.45, 7) is 7.74. The first-order chi connectivity index (χ1) is 10.0. The third-order valence-electron chi connectivity index (χ3n) is 3.05. The maximum atomic E-state index is 12.8. The summed E-state index contributed by atoms with van der Waals surface area (Å²) in [7, 11) is 3.83. The molecule has 0 aliphatic carbocycles. The lowest BCUT2D eigenvalue weighted by atomic mass is 10.2. The van der Waals surface area contributed by atoms with Gasteiger partial charge in [0.1, 0.15) is 5.82 Å². The molecule has 0 aromatic heterocycles. The van der Waals surface area contributed by atoms with Crippen LogP contribution in [0.1, 0.15) is 19.4 Å². The standard InChI is InChI=1S/C16H27FN4.HI/c1-13(2)11-20-16(18-3)19-9-10-21(4)12-14-5-7-15(17)8-6-14;/h5-8,13H,9-12H2,1-4H3,(H2,18,19,20);1H. The van der Waals surface area contributed by atoms with E-state index in [1.54, 1.807) is 7.05 Å². The van der Waals surface area contributed by atoms with Crippen molar-refractivity contribution < 1.29 is 4.39 Å². The fraction of sp³-hybridized carbons (Fsp3) is 0.562. The van der Waals surface area contributed by atoms with E-state index < -0.39 is 0 Å². The van der Waals surface area contributed by atoms with Crippen molar-refractivity contribution >= 4 is 29.9 Å². The molecule has 0 spiro atoms. The van der Waals surface area contributed by atoms with Gasteiger partial charge >= 0.3 is 0 Å². The zero-order valence-electron chi connectivity index (χ0n) is 13.9. The minimum Gasteiger partial charge on any atom is -0.356 e. The highest BCUT2D eigenvalue weighted by molar-refractivity contribution is 14.0. The van der Waals surface area contributed by atoms with Crippen LogP contribution in [0.5, 0.6) is 0 Å². The summed E-state index contributed by atoms with van der Waals surface area (Å²) < 4.78 is 12.8. The van der Waals surface area contributed by atoms with Crippen molar-refractivity contribution in [3.8, 4) is 0 Å². The van der Waals surface area contributed by atoms with Gasteiger partial charge in [-0.15, -0.1) is 24.0 Å². The lowest BCUT2D eigenvalue weighted by Crippen LogP contribution is -2.42. The molecule has 1 rings (SSSR count). The minimum atomic E-state index is -0.192. The van der Waals surface area contributed by atoms with Gasteiger partial charge in [0.2, 0.25) is 0 Å². The molecule has 0 radical (unpaired) electrons. The highest BCUT2D eigenvalue weighted by Crippen LogP contribution is 2.04. The van der Waals surface area contributed by atoms with Crippen molar-refractivity contribution in [1.82, 2.24) is 15.5 Å². The number of aliphatic imine (C=N–C) groups is 1. The number of benzene rings is 1. The van der Waals surface area contributed by atoms with E-state index in [9.17, 15) is 4.39 Å². The zero-order chi connectivity index (χ0) is 15.7.